The summed E-state index contributed by atoms with van der Waals surface area (Å²) in [6.07, 6.45) is 0. The SMILES string of the molecule is O=C(Nc1ccc(Cl)c(Cl)c1)c1cc(S)cs1. The first kappa shape index (κ1) is 12.8. The highest BCUT2D eigenvalue weighted by Gasteiger charge is 2.09. The number of hydrogen-bond donors (Lipinski definition) is 2. The summed E-state index contributed by atoms with van der Waals surface area (Å²) in [7, 11) is 0. The molecule has 1 heterocycles. The Labute approximate surface area is 118 Å². The lowest BCUT2D eigenvalue weighted by Crippen LogP contribution is -2.09. The molecule has 0 saturated carbocycles. The Kier molecular flexibility index (Phi) is 3.99. The third-order valence-corrected chi connectivity index (χ3v) is 4.09. The number of carbonyl (C=O) groups excluding carboxylic acids is 1. The van der Waals surface area contributed by atoms with Crippen LogP contribution in [0.15, 0.2) is 34.5 Å². The van der Waals surface area contributed by atoms with Crippen LogP contribution in [0.2, 0.25) is 10.0 Å². The van der Waals surface area contributed by atoms with Crippen LogP contribution < -0.4 is 5.32 Å². The summed E-state index contributed by atoms with van der Waals surface area (Å²) in [4.78, 5) is 13.2. The molecule has 0 radical (unpaired) electrons. The number of thiophene rings is 1. The lowest BCUT2D eigenvalue weighted by Gasteiger charge is -2.04. The number of benzene rings is 1. The maximum absolute atomic E-state index is 11.8. The number of halogens is 2. The molecule has 6 heteroatoms. The summed E-state index contributed by atoms with van der Waals surface area (Å²) in [6.45, 7) is 0. The van der Waals surface area contributed by atoms with Gasteiger partial charge < -0.3 is 5.32 Å². The van der Waals surface area contributed by atoms with E-state index in [0.29, 0.717) is 20.6 Å². The number of rotatable bonds is 2. The smallest absolute Gasteiger partial charge is 0.265 e. The maximum atomic E-state index is 11.8. The van der Waals surface area contributed by atoms with Crippen molar-refractivity contribution in [3.63, 3.8) is 0 Å². The summed E-state index contributed by atoms with van der Waals surface area (Å²) in [5.74, 6) is -0.186. The van der Waals surface area contributed by atoms with Crippen LogP contribution in [0.1, 0.15) is 9.67 Å². The second-order valence-electron chi connectivity index (χ2n) is 3.25. The molecule has 0 aliphatic carbocycles. The van der Waals surface area contributed by atoms with Gasteiger partial charge in [-0.2, -0.15) is 0 Å². The maximum Gasteiger partial charge on any atom is 0.265 e. The monoisotopic (exact) mass is 303 g/mol. The lowest BCUT2D eigenvalue weighted by molar-refractivity contribution is 0.103. The molecule has 0 fully saturated rings. The van der Waals surface area contributed by atoms with E-state index in [-0.39, 0.29) is 5.91 Å². The number of nitrogens with one attached hydrogen (secondary N) is 1. The molecular weight excluding hydrogens is 297 g/mol. The van der Waals surface area contributed by atoms with Gasteiger partial charge in [0.25, 0.3) is 5.91 Å². The van der Waals surface area contributed by atoms with Gasteiger partial charge in [-0.25, -0.2) is 0 Å². The molecule has 2 nitrogen and oxygen atoms in total. The van der Waals surface area contributed by atoms with Crippen LogP contribution in [-0.4, -0.2) is 5.91 Å². The van der Waals surface area contributed by atoms with Crippen molar-refractivity contribution < 1.29 is 4.79 Å². The van der Waals surface area contributed by atoms with Crippen LogP contribution in [0.5, 0.6) is 0 Å². The molecule has 1 N–H and O–H groups in total. The number of hydrogen-bond acceptors (Lipinski definition) is 3. The van der Waals surface area contributed by atoms with Crippen molar-refractivity contribution >= 4 is 58.8 Å². The fraction of sp³-hybridized carbons (Fsp3) is 0. The summed E-state index contributed by atoms with van der Waals surface area (Å²) in [5.41, 5.74) is 0.610. The summed E-state index contributed by atoms with van der Waals surface area (Å²) < 4.78 is 0. The quantitative estimate of drug-likeness (QED) is 0.780. The highest BCUT2D eigenvalue weighted by Crippen LogP contribution is 2.26. The van der Waals surface area contributed by atoms with Gasteiger partial charge in [-0.05, 0) is 24.3 Å². The standard InChI is InChI=1S/C11H7Cl2NOS2/c12-8-2-1-6(3-9(8)13)14-11(15)10-4-7(16)5-17-10/h1-5,16H,(H,14,15). The minimum Gasteiger partial charge on any atom is -0.321 e. The molecule has 1 amide bonds. The summed E-state index contributed by atoms with van der Waals surface area (Å²) >= 11 is 17.1. The predicted octanol–water partition coefficient (Wildman–Crippen LogP) is 4.60. The van der Waals surface area contributed by atoms with Gasteiger partial charge in [-0.1, -0.05) is 23.2 Å². The van der Waals surface area contributed by atoms with Crippen LogP contribution in [0, 0.1) is 0 Å². The predicted molar refractivity (Wildman–Crippen MR) is 76.0 cm³/mol. The molecule has 0 aliphatic heterocycles. The fourth-order valence-corrected chi connectivity index (χ4v) is 2.55. The van der Waals surface area contributed by atoms with Crippen molar-refractivity contribution in [1.82, 2.24) is 0 Å². The molecule has 17 heavy (non-hydrogen) atoms. The Balaban J connectivity index is 2.15. The molecule has 0 aliphatic rings. The highest BCUT2D eigenvalue weighted by molar-refractivity contribution is 7.80. The zero-order valence-electron chi connectivity index (χ0n) is 8.41. The average molecular weight is 304 g/mol. The average Bonchev–Trinajstić information content (AvgIpc) is 2.70. The van der Waals surface area contributed by atoms with Gasteiger partial charge in [0.1, 0.15) is 0 Å². The second-order valence-corrected chi connectivity index (χ2v) is 5.49. The van der Waals surface area contributed by atoms with Gasteiger partial charge in [-0.3, -0.25) is 4.79 Å². The van der Waals surface area contributed by atoms with Crippen molar-refractivity contribution in [3.05, 3.63) is 44.6 Å². The molecule has 0 unspecified atom stereocenters. The zero-order valence-corrected chi connectivity index (χ0v) is 11.6. The third kappa shape index (κ3) is 3.16. The van der Waals surface area contributed by atoms with Crippen LogP contribution in [0.3, 0.4) is 0 Å². The highest BCUT2D eigenvalue weighted by atomic mass is 35.5. The van der Waals surface area contributed by atoms with Gasteiger partial charge in [0.15, 0.2) is 0 Å². The number of carbonyl (C=O) groups is 1. The topological polar surface area (TPSA) is 29.1 Å². The van der Waals surface area contributed by atoms with Gasteiger partial charge in [0.05, 0.1) is 14.9 Å². The van der Waals surface area contributed by atoms with Crippen molar-refractivity contribution in [2.45, 2.75) is 4.90 Å². The van der Waals surface area contributed by atoms with Crippen LogP contribution in [-0.2, 0) is 0 Å². The van der Waals surface area contributed by atoms with E-state index in [2.05, 4.69) is 17.9 Å². The molecular formula is C11H7Cl2NOS2. The fourth-order valence-electron chi connectivity index (χ4n) is 1.21. The first-order valence-corrected chi connectivity index (χ1v) is 6.68. The summed E-state index contributed by atoms with van der Waals surface area (Å²) in [6, 6.07) is 6.65. The van der Waals surface area contributed by atoms with Gasteiger partial charge in [0, 0.05) is 16.0 Å². The Morgan fingerprint density at radius 3 is 2.59 bits per heavy atom. The zero-order chi connectivity index (χ0) is 12.4. The third-order valence-electron chi connectivity index (χ3n) is 1.99. The van der Waals surface area contributed by atoms with Gasteiger partial charge in [-0.15, -0.1) is 24.0 Å². The largest absolute Gasteiger partial charge is 0.321 e. The van der Waals surface area contributed by atoms with Crippen molar-refractivity contribution in [1.29, 1.82) is 0 Å². The number of amides is 1. The van der Waals surface area contributed by atoms with E-state index in [1.165, 1.54) is 11.3 Å². The molecule has 0 bridgehead atoms. The molecule has 1 aromatic carbocycles. The first-order chi connectivity index (χ1) is 8.06. The van der Waals surface area contributed by atoms with Gasteiger partial charge in [0.2, 0.25) is 0 Å². The molecule has 88 valence electrons. The molecule has 0 spiro atoms. The molecule has 0 saturated heterocycles. The lowest BCUT2D eigenvalue weighted by atomic mass is 10.3. The molecule has 2 rings (SSSR count). The van der Waals surface area contributed by atoms with Crippen molar-refractivity contribution in [2.24, 2.45) is 0 Å². The van der Waals surface area contributed by atoms with Crippen molar-refractivity contribution in [3.8, 4) is 0 Å². The van der Waals surface area contributed by atoms with E-state index in [4.69, 9.17) is 23.2 Å². The Morgan fingerprint density at radius 1 is 1.24 bits per heavy atom. The van der Waals surface area contributed by atoms with E-state index < -0.39 is 0 Å². The van der Waals surface area contributed by atoms with E-state index in [1.54, 1.807) is 29.6 Å². The minimum absolute atomic E-state index is 0.186. The number of anilines is 1. The Morgan fingerprint density at radius 2 is 2.00 bits per heavy atom. The van der Waals surface area contributed by atoms with Crippen LogP contribution in [0.25, 0.3) is 0 Å². The Hall–Kier alpha value is -0.680. The van der Waals surface area contributed by atoms with Crippen LogP contribution in [0.4, 0.5) is 5.69 Å². The van der Waals surface area contributed by atoms with E-state index >= 15 is 0 Å². The van der Waals surface area contributed by atoms with E-state index in [0.717, 1.165) is 4.90 Å². The Bertz CT molecular complexity index is 568. The van der Waals surface area contributed by atoms with E-state index in [9.17, 15) is 4.79 Å². The van der Waals surface area contributed by atoms with Gasteiger partial charge >= 0.3 is 0 Å². The number of thiol groups is 1. The van der Waals surface area contributed by atoms with E-state index in [1.807, 2.05) is 0 Å². The molecule has 1 aromatic heterocycles. The second kappa shape index (κ2) is 5.31. The summed E-state index contributed by atoms with van der Waals surface area (Å²) in [5, 5.41) is 5.40. The molecule has 2 aromatic rings. The first-order valence-electron chi connectivity index (χ1n) is 4.60. The molecule has 0 atom stereocenters. The normalized spacial score (nSPS) is 10.3. The van der Waals surface area contributed by atoms with Crippen molar-refractivity contribution in [2.75, 3.05) is 5.32 Å². The minimum atomic E-state index is -0.186. The van der Waals surface area contributed by atoms with Crippen LogP contribution >= 0.6 is 47.2 Å².